The second kappa shape index (κ2) is 10.7. The van der Waals surface area contributed by atoms with E-state index in [0.717, 1.165) is 35.9 Å². The average molecular weight is 487 g/mol. The van der Waals surface area contributed by atoms with Crippen LogP contribution >= 0.6 is 0 Å². The van der Waals surface area contributed by atoms with E-state index in [-0.39, 0.29) is 29.2 Å². The van der Waals surface area contributed by atoms with Crippen LogP contribution in [0.4, 0.5) is 14.5 Å². The van der Waals surface area contributed by atoms with Crippen LogP contribution in [0, 0.1) is 21.7 Å². The van der Waals surface area contributed by atoms with Gasteiger partial charge in [-0.1, -0.05) is 50.3 Å². The summed E-state index contributed by atoms with van der Waals surface area (Å²) in [6.07, 6.45) is 1.76. The summed E-state index contributed by atoms with van der Waals surface area (Å²) in [4.78, 5) is 10.2. The molecule has 1 aliphatic heterocycles. The SMILES string of the molecule is CC.O=[N+]([O-])c1ccc(S(=O)(=O)N2CC(c3cc(F)ccc3F)=CC(c3ccccc3)C2)cc1. The Balaban J connectivity index is 0.00000158. The van der Waals surface area contributed by atoms with E-state index in [4.69, 9.17) is 0 Å². The Kier molecular flexibility index (Phi) is 7.90. The Morgan fingerprint density at radius 3 is 2.24 bits per heavy atom. The van der Waals surface area contributed by atoms with Crippen molar-refractivity contribution in [2.24, 2.45) is 0 Å². The second-order valence-corrected chi connectivity index (χ2v) is 9.32. The van der Waals surface area contributed by atoms with Gasteiger partial charge in [0.1, 0.15) is 11.6 Å². The van der Waals surface area contributed by atoms with Crippen LogP contribution in [0.3, 0.4) is 0 Å². The molecule has 0 fully saturated rings. The van der Waals surface area contributed by atoms with Crippen LogP contribution in [0.5, 0.6) is 0 Å². The second-order valence-electron chi connectivity index (χ2n) is 7.38. The lowest BCUT2D eigenvalue weighted by molar-refractivity contribution is -0.384. The van der Waals surface area contributed by atoms with Crippen molar-refractivity contribution in [2.45, 2.75) is 24.7 Å². The van der Waals surface area contributed by atoms with Gasteiger partial charge in [-0.25, -0.2) is 17.2 Å². The van der Waals surface area contributed by atoms with Crippen LogP contribution < -0.4 is 0 Å². The number of nitro benzene ring substituents is 1. The minimum Gasteiger partial charge on any atom is -0.258 e. The van der Waals surface area contributed by atoms with Gasteiger partial charge in [-0.05, 0) is 41.5 Å². The lowest BCUT2D eigenvalue weighted by Gasteiger charge is -2.32. The van der Waals surface area contributed by atoms with Crippen molar-refractivity contribution in [3.63, 3.8) is 0 Å². The maximum absolute atomic E-state index is 14.5. The minimum atomic E-state index is -4.06. The molecule has 34 heavy (non-hydrogen) atoms. The molecule has 1 unspecified atom stereocenters. The number of nitro groups is 1. The van der Waals surface area contributed by atoms with E-state index in [0.29, 0.717) is 5.57 Å². The topological polar surface area (TPSA) is 80.5 Å². The molecule has 0 bridgehead atoms. The predicted molar refractivity (Wildman–Crippen MR) is 127 cm³/mol. The molecule has 1 heterocycles. The highest BCUT2D eigenvalue weighted by Crippen LogP contribution is 2.34. The third kappa shape index (κ3) is 5.37. The van der Waals surface area contributed by atoms with Crippen molar-refractivity contribution < 1.29 is 22.1 Å². The first kappa shape index (κ1) is 25.2. The third-order valence-electron chi connectivity index (χ3n) is 5.34. The minimum absolute atomic E-state index is 0.00506. The van der Waals surface area contributed by atoms with Gasteiger partial charge < -0.3 is 0 Å². The predicted octanol–water partition coefficient (Wildman–Crippen LogP) is 5.77. The van der Waals surface area contributed by atoms with Crippen LogP contribution in [0.25, 0.3) is 5.57 Å². The number of sulfonamides is 1. The Morgan fingerprint density at radius 2 is 1.62 bits per heavy atom. The van der Waals surface area contributed by atoms with Crippen LogP contribution in [0.2, 0.25) is 0 Å². The fourth-order valence-electron chi connectivity index (χ4n) is 3.71. The Labute approximate surface area is 197 Å². The van der Waals surface area contributed by atoms with E-state index in [9.17, 15) is 27.3 Å². The Bertz CT molecular complexity index is 1290. The fraction of sp³-hybridized carbons (Fsp3) is 0.200. The number of benzene rings is 3. The molecule has 0 aliphatic carbocycles. The first-order valence-electron chi connectivity index (χ1n) is 10.7. The van der Waals surface area contributed by atoms with Gasteiger partial charge in [-0.15, -0.1) is 0 Å². The van der Waals surface area contributed by atoms with Crippen LogP contribution in [0.1, 0.15) is 30.9 Å². The molecule has 3 aromatic carbocycles. The normalized spacial score (nSPS) is 16.2. The number of halogens is 2. The summed E-state index contributed by atoms with van der Waals surface area (Å²) in [5.74, 6) is -1.68. The smallest absolute Gasteiger partial charge is 0.258 e. The lowest BCUT2D eigenvalue weighted by Crippen LogP contribution is -2.38. The molecule has 0 amide bonds. The molecule has 3 aromatic rings. The van der Waals surface area contributed by atoms with Crippen molar-refractivity contribution in [1.82, 2.24) is 4.31 Å². The molecule has 4 rings (SSSR count). The van der Waals surface area contributed by atoms with Gasteiger partial charge in [0.2, 0.25) is 10.0 Å². The van der Waals surface area contributed by atoms with Gasteiger partial charge in [0, 0.05) is 36.7 Å². The van der Waals surface area contributed by atoms with E-state index in [1.54, 1.807) is 6.08 Å². The summed E-state index contributed by atoms with van der Waals surface area (Å²) < 4.78 is 56.2. The van der Waals surface area contributed by atoms with Crippen molar-refractivity contribution in [3.05, 3.63) is 112 Å². The number of hydrogen-bond donors (Lipinski definition) is 0. The van der Waals surface area contributed by atoms with E-state index in [1.165, 1.54) is 16.4 Å². The van der Waals surface area contributed by atoms with E-state index in [1.807, 2.05) is 44.2 Å². The average Bonchev–Trinajstić information content (AvgIpc) is 2.87. The van der Waals surface area contributed by atoms with Crippen molar-refractivity contribution in [3.8, 4) is 0 Å². The van der Waals surface area contributed by atoms with Crippen molar-refractivity contribution >= 4 is 21.3 Å². The molecular formula is C25H24F2N2O4S. The zero-order valence-corrected chi connectivity index (χ0v) is 19.5. The molecule has 0 aromatic heterocycles. The highest BCUT2D eigenvalue weighted by atomic mass is 32.2. The summed E-state index contributed by atoms with van der Waals surface area (Å²) in [6.45, 7) is 3.92. The molecule has 0 N–H and O–H groups in total. The third-order valence-corrected chi connectivity index (χ3v) is 7.16. The van der Waals surface area contributed by atoms with Gasteiger partial charge in [-0.3, -0.25) is 10.1 Å². The molecular weight excluding hydrogens is 462 g/mol. The monoisotopic (exact) mass is 486 g/mol. The van der Waals surface area contributed by atoms with Crippen LogP contribution in [0.15, 0.2) is 83.8 Å². The maximum Gasteiger partial charge on any atom is 0.269 e. The molecule has 9 heteroatoms. The van der Waals surface area contributed by atoms with Gasteiger partial charge in [0.25, 0.3) is 5.69 Å². The van der Waals surface area contributed by atoms with Crippen molar-refractivity contribution in [2.75, 3.05) is 13.1 Å². The molecule has 178 valence electrons. The summed E-state index contributed by atoms with van der Waals surface area (Å²) >= 11 is 0. The van der Waals surface area contributed by atoms with Gasteiger partial charge in [0.05, 0.1) is 9.82 Å². The summed E-state index contributed by atoms with van der Waals surface area (Å²) in [6, 6.07) is 16.8. The highest BCUT2D eigenvalue weighted by molar-refractivity contribution is 7.89. The molecule has 1 atom stereocenters. The Hall–Kier alpha value is -3.43. The van der Waals surface area contributed by atoms with Gasteiger partial charge >= 0.3 is 0 Å². The molecule has 0 saturated carbocycles. The standard InChI is InChI=1S/C23H18F2N2O4S.C2H6/c24-19-6-11-23(25)22(13-19)18-12-17(16-4-2-1-3-5-16)14-26(15-18)32(30,31)21-9-7-20(8-10-21)27(28)29;1-2/h1-13,17H,14-15H2;1-2H3. The number of non-ortho nitro benzene ring substituents is 1. The molecule has 0 spiro atoms. The first-order valence-corrected chi connectivity index (χ1v) is 12.2. The molecule has 0 saturated heterocycles. The van der Waals surface area contributed by atoms with E-state index >= 15 is 0 Å². The zero-order chi connectivity index (χ0) is 24.9. The zero-order valence-electron chi connectivity index (χ0n) is 18.7. The summed E-state index contributed by atoms with van der Waals surface area (Å²) in [5, 5.41) is 10.9. The van der Waals surface area contributed by atoms with Crippen molar-refractivity contribution in [1.29, 1.82) is 0 Å². The van der Waals surface area contributed by atoms with Crippen LogP contribution in [-0.4, -0.2) is 30.7 Å². The van der Waals surface area contributed by atoms with Crippen LogP contribution in [-0.2, 0) is 10.0 Å². The summed E-state index contributed by atoms with van der Waals surface area (Å²) in [5.41, 5.74) is 0.930. The molecule has 0 radical (unpaired) electrons. The quantitative estimate of drug-likeness (QED) is 0.339. The highest BCUT2D eigenvalue weighted by Gasteiger charge is 2.32. The Morgan fingerprint density at radius 1 is 0.971 bits per heavy atom. The number of hydrogen-bond acceptors (Lipinski definition) is 4. The number of rotatable bonds is 5. The maximum atomic E-state index is 14.5. The molecule has 6 nitrogen and oxygen atoms in total. The van der Waals surface area contributed by atoms with Gasteiger partial charge in [-0.2, -0.15) is 4.31 Å². The van der Waals surface area contributed by atoms with E-state index < -0.39 is 32.5 Å². The number of nitrogens with zero attached hydrogens (tertiary/aromatic N) is 2. The largest absolute Gasteiger partial charge is 0.269 e. The lowest BCUT2D eigenvalue weighted by atomic mass is 9.91. The molecule has 1 aliphatic rings. The first-order chi connectivity index (χ1) is 16.3. The van der Waals surface area contributed by atoms with E-state index in [2.05, 4.69) is 0 Å². The van der Waals surface area contributed by atoms with Gasteiger partial charge in [0.15, 0.2) is 0 Å². The fourth-order valence-corrected chi connectivity index (χ4v) is 5.16. The summed E-state index contributed by atoms with van der Waals surface area (Å²) in [7, 11) is -4.06.